The van der Waals surface area contributed by atoms with Crippen molar-refractivity contribution in [1.29, 1.82) is 0 Å². The Labute approximate surface area is 120 Å². The average Bonchev–Trinajstić information content (AvgIpc) is 2.46. The highest BCUT2D eigenvalue weighted by Gasteiger charge is 2.13. The Morgan fingerprint density at radius 1 is 1.25 bits per heavy atom. The van der Waals surface area contributed by atoms with E-state index in [0.717, 1.165) is 0 Å². The molecule has 0 amide bonds. The van der Waals surface area contributed by atoms with Crippen LogP contribution in [0.15, 0.2) is 42.5 Å². The van der Waals surface area contributed by atoms with E-state index in [1.54, 1.807) is 24.3 Å². The monoisotopic (exact) mass is 294 g/mol. The van der Waals surface area contributed by atoms with Gasteiger partial charge in [0.1, 0.15) is 6.61 Å². The maximum absolute atomic E-state index is 13.4. The third kappa shape index (κ3) is 3.27. The Kier molecular flexibility index (Phi) is 4.58. The third-order valence-corrected chi connectivity index (χ3v) is 2.93. The zero-order valence-electron chi connectivity index (χ0n) is 10.7. The van der Waals surface area contributed by atoms with Crippen molar-refractivity contribution >= 4 is 17.6 Å². The minimum absolute atomic E-state index is 0.0442. The molecule has 2 aromatic carbocycles. The molecule has 0 radical (unpaired) electrons. The van der Waals surface area contributed by atoms with Crippen molar-refractivity contribution in [3.63, 3.8) is 0 Å². The molecule has 5 heteroatoms. The second-order valence-electron chi connectivity index (χ2n) is 4.01. The van der Waals surface area contributed by atoms with Crippen LogP contribution in [0.1, 0.15) is 15.9 Å². The molecule has 0 aliphatic carbocycles. The second-order valence-corrected chi connectivity index (χ2v) is 4.45. The molecule has 0 atom stereocenters. The number of carbonyl (C=O) groups is 1. The van der Waals surface area contributed by atoms with E-state index in [-0.39, 0.29) is 12.4 Å². The fourth-order valence-corrected chi connectivity index (χ4v) is 1.86. The van der Waals surface area contributed by atoms with E-state index in [1.165, 1.54) is 25.3 Å². The summed E-state index contributed by atoms with van der Waals surface area (Å²) >= 11 is 5.85. The van der Waals surface area contributed by atoms with Gasteiger partial charge in [-0.05, 0) is 24.3 Å². The quantitative estimate of drug-likeness (QED) is 0.804. The lowest BCUT2D eigenvalue weighted by atomic mass is 10.1. The zero-order valence-corrected chi connectivity index (χ0v) is 11.5. The van der Waals surface area contributed by atoms with Gasteiger partial charge in [0.2, 0.25) is 0 Å². The van der Waals surface area contributed by atoms with Crippen molar-refractivity contribution in [2.45, 2.75) is 6.61 Å². The molecule has 0 saturated carbocycles. The molecular formula is C15H12ClFO3. The van der Waals surface area contributed by atoms with Crippen LogP contribution in [0.4, 0.5) is 4.39 Å². The van der Waals surface area contributed by atoms with Gasteiger partial charge in [0.05, 0.1) is 12.7 Å². The highest BCUT2D eigenvalue weighted by atomic mass is 35.5. The van der Waals surface area contributed by atoms with Gasteiger partial charge in [-0.1, -0.05) is 29.8 Å². The van der Waals surface area contributed by atoms with Crippen LogP contribution in [0, 0.1) is 5.82 Å². The molecule has 0 fully saturated rings. The summed E-state index contributed by atoms with van der Waals surface area (Å²) in [6.45, 7) is 0.0442. The summed E-state index contributed by atoms with van der Waals surface area (Å²) in [5.74, 6) is -0.848. The lowest BCUT2D eigenvalue weighted by Gasteiger charge is -2.10. The second kappa shape index (κ2) is 6.39. The first-order valence-electron chi connectivity index (χ1n) is 5.86. The van der Waals surface area contributed by atoms with Gasteiger partial charge in [0, 0.05) is 10.6 Å². The normalized spacial score (nSPS) is 10.2. The number of rotatable bonds is 4. The average molecular weight is 295 g/mol. The molecule has 0 unspecified atom stereocenters. The van der Waals surface area contributed by atoms with E-state index in [4.69, 9.17) is 16.3 Å². The van der Waals surface area contributed by atoms with Crippen LogP contribution in [0.2, 0.25) is 5.02 Å². The molecule has 2 aromatic rings. The number of halogens is 2. The lowest BCUT2D eigenvalue weighted by Crippen LogP contribution is -2.08. The van der Waals surface area contributed by atoms with Gasteiger partial charge in [-0.15, -0.1) is 0 Å². The summed E-state index contributed by atoms with van der Waals surface area (Å²) in [6, 6.07) is 10.8. The van der Waals surface area contributed by atoms with E-state index in [0.29, 0.717) is 16.1 Å². The van der Waals surface area contributed by atoms with Crippen LogP contribution in [0.25, 0.3) is 0 Å². The minimum Gasteiger partial charge on any atom is -0.486 e. The molecule has 2 rings (SSSR count). The smallest absolute Gasteiger partial charge is 0.338 e. The van der Waals surface area contributed by atoms with Gasteiger partial charge < -0.3 is 9.47 Å². The fraction of sp³-hybridized carbons (Fsp3) is 0.133. The van der Waals surface area contributed by atoms with Crippen LogP contribution in [0.3, 0.4) is 0 Å². The highest BCUT2D eigenvalue weighted by molar-refractivity contribution is 6.31. The molecule has 0 bridgehead atoms. The van der Waals surface area contributed by atoms with E-state index in [1.807, 2.05) is 0 Å². The Hall–Kier alpha value is -2.07. The van der Waals surface area contributed by atoms with Crippen LogP contribution in [-0.2, 0) is 11.3 Å². The maximum atomic E-state index is 13.4. The molecule has 0 aliphatic rings. The van der Waals surface area contributed by atoms with Crippen molar-refractivity contribution in [2.75, 3.05) is 7.11 Å². The molecule has 0 N–H and O–H groups in total. The van der Waals surface area contributed by atoms with Crippen LogP contribution >= 0.6 is 11.6 Å². The number of ether oxygens (including phenoxy) is 2. The largest absolute Gasteiger partial charge is 0.486 e. The Morgan fingerprint density at radius 2 is 2.00 bits per heavy atom. The van der Waals surface area contributed by atoms with Crippen molar-refractivity contribution < 1.29 is 18.7 Å². The molecule has 0 aliphatic heterocycles. The fourth-order valence-electron chi connectivity index (χ4n) is 1.69. The van der Waals surface area contributed by atoms with Crippen LogP contribution < -0.4 is 4.74 Å². The molecular weight excluding hydrogens is 283 g/mol. The van der Waals surface area contributed by atoms with Gasteiger partial charge in [0.15, 0.2) is 11.6 Å². The molecule has 0 aromatic heterocycles. The summed E-state index contributed by atoms with van der Waals surface area (Å²) in [6.07, 6.45) is 0. The van der Waals surface area contributed by atoms with Crippen LogP contribution in [0.5, 0.6) is 5.75 Å². The van der Waals surface area contributed by atoms with Gasteiger partial charge in [-0.25, -0.2) is 9.18 Å². The standard InChI is InChI=1S/C15H12ClFO3/c1-19-15(18)12-8-11(16)7-6-10(12)9-20-14-5-3-2-4-13(14)17/h2-8H,9H2,1H3. The number of esters is 1. The number of hydrogen-bond acceptors (Lipinski definition) is 3. The lowest BCUT2D eigenvalue weighted by molar-refractivity contribution is 0.0597. The first kappa shape index (κ1) is 14.3. The number of carbonyl (C=O) groups excluding carboxylic acids is 1. The Morgan fingerprint density at radius 3 is 2.70 bits per heavy atom. The molecule has 0 saturated heterocycles. The maximum Gasteiger partial charge on any atom is 0.338 e. The van der Waals surface area contributed by atoms with E-state index in [2.05, 4.69) is 4.74 Å². The summed E-state index contributed by atoms with van der Waals surface area (Å²) in [4.78, 5) is 11.7. The third-order valence-electron chi connectivity index (χ3n) is 2.70. The summed E-state index contributed by atoms with van der Waals surface area (Å²) < 4.78 is 23.5. The predicted octanol–water partition coefficient (Wildman–Crippen LogP) is 3.84. The number of benzene rings is 2. The van der Waals surface area contributed by atoms with Crippen LogP contribution in [-0.4, -0.2) is 13.1 Å². The molecule has 104 valence electrons. The SMILES string of the molecule is COC(=O)c1cc(Cl)ccc1COc1ccccc1F. The van der Waals surface area contributed by atoms with Crippen molar-refractivity contribution in [3.8, 4) is 5.75 Å². The van der Waals surface area contributed by atoms with Gasteiger partial charge in [-0.2, -0.15) is 0 Å². The molecule has 3 nitrogen and oxygen atoms in total. The van der Waals surface area contributed by atoms with E-state index < -0.39 is 11.8 Å². The first-order valence-corrected chi connectivity index (χ1v) is 6.23. The topological polar surface area (TPSA) is 35.5 Å². The zero-order chi connectivity index (χ0) is 14.5. The molecule has 0 spiro atoms. The number of hydrogen-bond donors (Lipinski definition) is 0. The van der Waals surface area contributed by atoms with Crippen molar-refractivity contribution in [3.05, 3.63) is 64.4 Å². The van der Waals surface area contributed by atoms with Crippen molar-refractivity contribution in [2.24, 2.45) is 0 Å². The van der Waals surface area contributed by atoms with E-state index >= 15 is 0 Å². The predicted molar refractivity (Wildman–Crippen MR) is 73.5 cm³/mol. The van der Waals surface area contributed by atoms with Crippen molar-refractivity contribution in [1.82, 2.24) is 0 Å². The number of para-hydroxylation sites is 1. The summed E-state index contributed by atoms with van der Waals surface area (Å²) in [5, 5.41) is 0.417. The van der Waals surface area contributed by atoms with E-state index in [9.17, 15) is 9.18 Å². The molecule has 0 heterocycles. The number of methoxy groups -OCH3 is 1. The summed E-state index contributed by atoms with van der Waals surface area (Å²) in [5.41, 5.74) is 0.876. The van der Waals surface area contributed by atoms with Gasteiger partial charge >= 0.3 is 5.97 Å². The first-order chi connectivity index (χ1) is 9.61. The van der Waals surface area contributed by atoms with Gasteiger partial charge in [-0.3, -0.25) is 0 Å². The minimum atomic E-state index is -0.514. The Bertz CT molecular complexity index is 628. The Balaban J connectivity index is 2.21. The molecule has 20 heavy (non-hydrogen) atoms. The van der Waals surface area contributed by atoms with Gasteiger partial charge in [0.25, 0.3) is 0 Å². The summed E-state index contributed by atoms with van der Waals surface area (Å²) in [7, 11) is 1.28. The highest BCUT2D eigenvalue weighted by Crippen LogP contribution is 2.21.